The number of hydrogen-bond acceptors (Lipinski definition) is 1. The van der Waals surface area contributed by atoms with Crippen molar-refractivity contribution in [1.29, 1.82) is 0 Å². The van der Waals surface area contributed by atoms with E-state index in [-0.39, 0.29) is 0 Å². The zero-order chi connectivity index (χ0) is 13.0. The monoisotopic (exact) mass is 367 g/mol. The van der Waals surface area contributed by atoms with E-state index in [4.69, 9.17) is 0 Å². The minimum Gasteiger partial charge on any atom is -0.313 e. The second kappa shape index (κ2) is 6.50. The van der Waals surface area contributed by atoms with E-state index in [0.29, 0.717) is 6.04 Å². The van der Waals surface area contributed by atoms with Gasteiger partial charge in [0, 0.05) is 15.0 Å². The third-order valence-electron chi connectivity index (χ3n) is 2.97. The third-order valence-corrected chi connectivity index (χ3v) is 4.03. The third kappa shape index (κ3) is 3.67. The van der Waals surface area contributed by atoms with Crippen molar-refractivity contribution < 1.29 is 0 Å². The molecule has 94 valence electrons. The Hall–Kier alpha value is -0.640. The molecule has 0 heterocycles. The first-order chi connectivity index (χ1) is 8.69. The molecular weight excluding hydrogens is 354 g/mol. The molecule has 0 bridgehead atoms. The summed E-state index contributed by atoms with van der Waals surface area (Å²) in [7, 11) is 2.01. The van der Waals surface area contributed by atoms with Crippen LogP contribution in [0, 0.1) is 0 Å². The molecule has 0 aromatic heterocycles. The molecule has 1 N–H and O–H groups in total. The highest BCUT2D eigenvalue weighted by molar-refractivity contribution is 9.10. The molecule has 1 atom stereocenters. The highest BCUT2D eigenvalue weighted by Crippen LogP contribution is 2.21. The minimum atomic E-state index is 0.347. The van der Waals surface area contributed by atoms with Crippen LogP contribution in [0.2, 0.25) is 0 Å². The van der Waals surface area contributed by atoms with E-state index in [9.17, 15) is 0 Å². The van der Waals surface area contributed by atoms with E-state index in [1.807, 2.05) is 7.05 Å². The molecule has 1 unspecified atom stereocenters. The normalized spacial score (nSPS) is 12.4. The maximum Gasteiger partial charge on any atom is 0.0358 e. The maximum absolute atomic E-state index is 3.47. The van der Waals surface area contributed by atoms with Gasteiger partial charge in [0.25, 0.3) is 0 Å². The number of halogens is 2. The molecule has 2 rings (SSSR count). The van der Waals surface area contributed by atoms with Crippen LogP contribution in [0.1, 0.15) is 17.2 Å². The van der Waals surface area contributed by atoms with Crippen molar-refractivity contribution in [1.82, 2.24) is 5.32 Å². The first-order valence-corrected chi connectivity index (χ1v) is 7.45. The van der Waals surface area contributed by atoms with Crippen molar-refractivity contribution in [3.63, 3.8) is 0 Å². The van der Waals surface area contributed by atoms with Crippen molar-refractivity contribution >= 4 is 31.9 Å². The first kappa shape index (κ1) is 13.8. The summed E-state index contributed by atoms with van der Waals surface area (Å²) >= 11 is 6.93. The lowest BCUT2D eigenvalue weighted by Gasteiger charge is -2.17. The van der Waals surface area contributed by atoms with Gasteiger partial charge in [-0.15, -0.1) is 0 Å². The predicted molar refractivity (Wildman–Crippen MR) is 83.8 cm³/mol. The Morgan fingerprint density at radius 2 is 1.39 bits per heavy atom. The fourth-order valence-corrected chi connectivity index (χ4v) is 2.47. The number of nitrogens with one attached hydrogen (secondary N) is 1. The summed E-state index contributed by atoms with van der Waals surface area (Å²) in [4.78, 5) is 0. The molecule has 3 heteroatoms. The fraction of sp³-hybridized carbons (Fsp3) is 0.200. The highest BCUT2D eigenvalue weighted by Gasteiger charge is 2.09. The van der Waals surface area contributed by atoms with Crippen LogP contribution in [0.25, 0.3) is 0 Å². The fourth-order valence-electron chi connectivity index (χ4n) is 1.94. The van der Waals surface area contributed by atoms with Gasteiger partial charge in [-0.25, -0.2) is 0 Å². The van der Waals surface area contributed by atoms with Crippen LogP contribution in [0.5, 0.6) is 0 Å². The SMILES string of the molecule is CNC(Cc1ccc(Br)cc1)c1ccc(Br)cc1. The molecule has 1 nitrogen and oxygen atoms in total. The van der Waals surface area contributed by atoms with Gasteiger partial charge in [0.15, 0.2) is 0 Å². The smallest absolute Gasteiger partial charge is 0.0358 e. The Morgan fingerprint density at radius 3 is 1.89 bits per heavy atom. The molecule has 0 saturated heterocycles. The van der Waals surface area contributed by atoms with Crippen LogP contribution < -0.4 is 5.32 Å². The molecule has 0 aliphatic heterocycles. The molecule has 0 spiro atoms. The Bertz CT molecular complexity index is 491. The summed E-state index contributed by atoms with van der Waals surface area (Å²) in [6.07, 6.45) is 0.991. The van der Waals surface area contributed by atoms with Crippen LogP contribution in [-0.4, -0.2) is 7.05 Å². The Morgan fingerprint density at radius 1 is 0.889 bits per heavy atom. The van der Waals surface area contributed by atoms with Crippen molar-refractivity contribution in [2.45, 2.75) is 12.5 Å². The predicted octanol–water partition coefficient (Wildman–Crippen LogP) is 4.71. The zero-order valence-electron chi connectivity index (χ0n) is 10.2. The van der Waals surface area contributed by atoms with Crippen LogP contribution in [0.4, 0.5) is 0 Å². The number of likely N-dealkylation sites (N-methyl/N-ethyl adjacent to an activating group) is 1. The van der Waals surface area contributed by atoms with Gasteiger partial charge in [0.05, 0.1) is 0 Å². The van der Waals surface area contributed by atoms with Crippen molar-refractivity contribution in [2.75, 3.05) is 7.05 Å². The number of benzene rings is 2. The summed E-state index contributed by atoms with van der Waals surface area (Å²) < 4.78 is 2.24. The molecule has 0 aliphatic rings. The highest BCUT2D eigenvalue weighted by atomic mass is 79.9. The molecule has 0 radical (unpaired) electrons. The van der Waals surface area contributed by atoms with Gasteiger partial charge >= 0.3 is 0 Å². The van der Waals surface area contributed by atoms with E-state index in [2.05, 4.69) is 85.7 Å². The van der Waals surface area contributed by atoms with Gasteiger partial charge in [0.2, 0.25) is 0 Å². The molecular formula is C15H15Br2N. The lowest BCUT2D eigenvalue weighted by atomic mass is 9.99. The number of rotatable bonds is 4. The topological polar surface area (TPSA) is 12.0 Å². The summed E-state index contributed by atoms with van der Waals surface area (Å²) in [6, 6.07) is 17.3. The van der Waals surface area contributed by atoms with E-state index in [1.165, 1.54) is 11.1 Å². The van der Waals surface area contributed by atoms with Gasteiger partial charge in [0.1, 0.15) is 0 Å². The Labute approximate surface area is 125 Å². The summed E-state index contributed by atoms with van der Waals surface area (Å²) in [5.74, 6) is 0. The van der Waals surface area contributed by atoms with Crippen LogP contribution >= 0.6 is 31.9 Å². The zero-order valence-corrected chi connectivity index (χ0v) is 13.3. The van der Waals surface area contributed by atoms with Gasteiger partial charge in [-0.1, -0.05) is 56.1 Å². The number of hydrogen-bond donors (Lipinski definition) is 1. The van der Waals surface area contributed by atoms with E-state index in [0.717, 1.165) is 15.4 Å². The van der Waals surface area contributed by atoms with E-state index < -0.39 is 0 Å². The summed E-state index contributed by atoms with van der Waals surface area (Å²) in [5, 5.41) is 3.37. The lowest BCUT2D eigenvalue weighted by Crippen LogP contribution is -2.18. The first-order valence-electron chi connectivity index (χ1n) is 5.86. The van der Waals surface area contributed by atoms with Crippen molar-refractivity contribution in [3.05, 3.63) is 68.6 Å². The van der Waals surface area contributed by atoms with Crippen LogP contribution in [-0.2, 0) is 6.42 Å². The second-order valence-corrected chi connectivity index (χ2v) is 6.05. The molecule has 0 aliphatic carbocycles. The van der Waals surface area contributed by atoms with Gasteiger partial charge in [-0.3, -0.25) is 0 Å². The van der Waals surface area contributed by atoms with Gasteiger partial charge in [-0.2, -0.15) is 0 Å². The van der Waals surface area contributed by atoms with Gasteiger partial charge < -0.3 is 5.32 Å². The van der Waals surface area contributed by atoms with E-state index in [1.54, 1.807) is 0 Å². The molecule has 0 fully saturated rings. The quantitative estimate of drug-likeness (QED) is 0.823. The van der Waals surface area contributed by atoms with Crippen molar-refractivity contribution in [3.8, 4) is 0 Å². The van der Waals surface area contributed by atoms with Crippen LogP contribution in [0.15, 0.2) is 57.5 Å². The lowest BCUT2D eigenvalue weighted by molar-refractivity contribution is 0.592. The molecule has 0 amide bonds. The summed E-state index contributed by atoms with van der Waals surface area (Å²) in [6.45, 7) is 0. The average Bonchev–Trinajstić information content (AvgIpc) is 2.39. The Balaban J connectivity index is 2.14. The molecule has 2 aromatic carbocycles. The van der Waals surface area contributed by atoms with Crippen LogP contribution in [0.3, 0.4) is 0 Å². The van der Waals surface area contributed by atoms with Gasteiger partial charge in [-0.05, 0) is 48.9 Å². The standard InChI is InChI=1S/C15H15Br2N/c1-18-15(12-4-8-14(17)9-5-12)10-11-2-6-13(16)7-3-11/h2-9,15,18H,10H2,1H3. The Kier molecular flexibility index (Phi) is 4.98. The molecule has 0 saturated carbocycles. The second-order valence-electron chi connectivity index (χ2n) is 4.22. The average molecular weight is 369 g/mol. The largest absolute Gasteiger partial charge is 0.313 e. The minimum absolute atomic E-state index is 0.347. The van der Waals surface area contributed by atoms with Crippen molar-refractivity contribution in [2.24, 2.45) is 0 Å². The van der Waals surface area contributed by atoms with E-state index >= 15 is 0 Å². The maximum atomic E-state index is 3.47. The molecule has 2 aromatic rings. The molecule has 18 heavy (non-hydrogen) atoms. The summed E-state index contributed by atoms with van der Waals surface area (Å²) in [5.41, 5.74) is 2.64.